The molecule has 0 amide bonds. The predicted octanol–water partition coefficient (Wildman–Crippen LogP) is 3.98. The van der Waals surface area contributed by atoms with Crippen LogP contribution in [-0.2, 0) is 19.8 Å². The molecular weight excluding hydrogens is 546 g/mol. The minimum Gasteiger partial charge on any atom is -0.508 e. The highest BCUT2D eigenvalue weighted by Gasteiger charge is 2.53. The van der Waals surface area contributed by atoms with Gasteiger partial charge in [-0.15, -0.1) is 0 Å². The number of hydrogen-bond acceptors (Lipinski definition) is 9. The van der Waals surface area contributed by atoms with E-state index in [1.165, 1.54) is 24.3 Å². The van der Waals surface area contributed by atoms with Crippen LogP contribution >= 0.6 is 12.2 Å². The van der Waals surface area contributed by atoms with Crippen molar-refractivity contribution in [3.8, 4) is 23.0 Å². The van der Waals surface area contributed by atoms with Crippen LogP contribution < -0.4 is 20.7 Å². The van der Waals surface area contributed by atoms with Gasteiger partial charge < -0.3 is 45.1 Å². The number of hydrogen-bond donors (Lipinski definition) is 5. The van der Waals surface area contributed by atoms with E-state index >= 15 is 0 Å². The molecule has 0 aliphatic carbocycles. The Labute approximate surface area is 243 Å². The molecule has 2 heterocycles. The molecule has 1 spiro atoms. The lowest BCUT2D eigenvalue weighted by Gasteiger charge is -2.36. The van der Waals surface area contributed by atoms with E-state index in [1.54, 1.807) is 18.2 Å². The summed E-state index contributed by atoms with van der Waals surface area (Å²) in [6.07, 6.45) is 0. The van der Waals surface area contributed by atoms with Crippen molar-refractivity contribution in [2.24, 2.45) is 0 Å². The summed E-state index contributed by atoms with van der Waals surface area (Å²) in [5, 5.41) is 30.0. The highest BCUT2D eigenvalue weighted by molar-refractivity contribution is 7.80. The summed E-state index contributed by atoms with van der Waals surface area (Å²) >= 11 is 5.42. The number of ether oxygens (including phenoxy) is 4. The number of nitrogens with one attached hydrogen (secondary N) is 3. The van der Waals surface area contributed by atoms with Gasteiger partial charge in [-0.2, -0.15) is 0 Å². The number of aromatic hydroxyl groups is 2. The second kappa shape index (κ2) is 12.3. The van der Waals surface area contributed by atoms with E-state index in [-0.39, 0.29) is 11.5 Å². The Kier molecular flexibility index (Phi) is 8.60. The van der Waals surface area contributed by atoms with Crippen molar-refractivity contribution in [2.75, 3.05) is 44.8 Å². The smallest absolute Gasteiger partial charge is 0.340 e. The third kappa shape index (κ3) is 6.08. The lowest BCUT2D eigenvalue weighted by atomic mass is 9.77. The van der Waals surface area contributed by atoms with Crippen LogP contribution in [0.25, 0.3) is 0 Å². The molecule has 10 nitrogen and oxygen atoms in total. The van der Waals surface area contributed by atoms with Crippen molar-refractivity contribution < 1.29 is 34.0 Å². The highest BCUT2D eigenvalue weighted by Crippen LogP contribution is 2.57. The molecule has 2 aliphatic rings. The van der Waals surface area contributed by atoms with Crippen molar-refractivity contribution in [1.29, 1.82) is 0 Å². The Morgan fingerprint density at radius 3 is 2.12 bits per heavy atom. The molecule has 216 valence electrons. The van der Waals surface area contributed by atoms with E-state index in [0.29, 0.717) is 83.6 Å². The summed E-state index contributed by atoms with van der Waals surface area (Å²) in [5.41, 5.74) is 1.42. The Hall–Kier alpha value is -3.90. The van der Waals surface area contributed by atoms with Gasteiger partial charge in [0.05, 0.1) is 32.0 Å². The van der Waals surface area contributed by atoms with Crippen LogP contribution in [0, 0.1) is 0 Å². The average Bonchev–Trinajstić information content (AvgIpc) is 3.21. The minimum atomic E-state index is -1.31. The normalized spacial score (nSPS) is 14.2. The van der Waals surface area contributed by atoms with Crippen LogP contribution in [0.5, 0.6) is 23.0 Å². The zero-order chi connectivity index (χ0) is 29.0. The van der Waals surface area contributed by atoms with Crippen molar-refractivity contribution in [1.82, 2.24) is 10.6 Å². The molecule has 5 rings (SSSR count). The van der Waals surface area contributed by atoms with Gasteiger partial charge in [-0.1, -0.05) is 19.9 Å². The lowest BCUT2D eigenvalue weighted by Crippen LogP contribution is -2.33. The van der Waals surface area contributed by atoms with Crippen molar-refractivity contribution in [3.63, 3.8) is 0 Å². The highest BCUT2D eigenvalue weighted by atomic mass is 32.1. The summed E-state index contributed by atoms with van der Waals surface area (Å²) < 4.78 is 23.2. The van der Waals surface area contributed by atoms with E-state index in [9.17, 15) is 15.0 Å². The third-order valence-corrected chi connectivity index (χ3v) is 6.98. The maximum Gasteiger partial charge on any atom is 0.340 e. The van der Waals surface area contributed by atoms with Crippen molar-refractivity contribution in [2.45, 2.75) is 25.5 Å². The molecule has 2 aliphatic heterocycles. The average molecular weight is 580 g/mol. The molecular formula is C30H33N3O7S. The third-order valence-electron chi connectivity index (χ3n) is 6.73. The van der Waals surface area contributed by atoms with E-state index in [4.69, 9.17) is 31.2 Å². The quantitative estimate of drug-likeness (QED) is 0.128. The standard InChI is InChI=1S/C30H33N3O7S/c1-18(2)31-9-11-37-13-14-38-12-10-32-29(41)33-19-3-6-23-22(15-19)28(36)40-30(23)24-7-4-20(34)16-26(24)39-27-17-21(35)5-8-25(27)30/h3-8,15-18,31,34-35H,9-14H2,1-2H3,(H2,32,33,41). The number of anilines is 1. The summed E-state index contributed by atoms with van der Waals surface area (Å²) in [4.78, 5) is 13.2. The molecule has 0 radical (unpaired) electrons. The van der Waals surface area contributed by atoms with Gasteiger partial charge in [0, 0.05) is 53.6 Å². The first-order chi connectivity index (χ1) is 19.8. The van der Waals surface area contributed by atoms with Crippen LogP contribution in [0.2, 0.25) is 0 Å². The number of benzene rings is 3. The molecule has 0 bridgehead atoms. The van der Waals surface area contributed by atoms with E-state index in [2.05, 4.69) is 29.8 Å². The number of carbonyl (C=O) groups is 1. The van der Waals surface area contributed by atoms with Crippen LogP contribution in [0.3, 0.4) is 0 Å². The van der Waals surface area contributed by atoms with Gasteiger partial charge in [-0.3, -0.25) is 0 Å². The number of fused-ring (bicyclic) bond motifs is 6. The van der Waals surface area contributed by atoms with Crippen molar-refractivity contribution in [3.05, 3.63) is 76.9 Å². The fourth-order valence-electron chi connectivity index (χ4n) is 4.94. The minimum absolute atomic E-state index is 0.000921. The molecule has 0 saturated carbocycles. The number of esters is 1. The molecule has 41 heavy (non-hydrogen) atoms. The molecule has 0 saturated heterocycles. The molecule has 5 N–H and O–H groups in total. The first kappa shape index (κ1) is 28.6. The van der Waals surface area contributed by atoms with Gasteiger partial charge in [-0.25, -0.2) is 4.79 Å². The van der Waals surface area contributed by atoms with Crippen molar-refractivity contribution >= 4 is 29.0 Å². The molecule has 0 fully saturated rings. The number of rotatable bonds is 11. The van der Waals surface area contributed by atoms with Gasteiger partial charge >= 0.3 is 5.97 Å². The van der Waals surface area contributed by atoms with Crippen LogP contribution in [0.1, 0.15) is 40.9 Å². The maximum absolute atomic E-state index is 13.2. The molecule has 0 atom stereocenters. The fraction of sp³-hybridized carbons (Fsp3) is 0.333. The summed E-state index contributed by atoms with van der Waals surface area (Å²) in [6.45, 7) is 7.62. The Morgan fingerprint density at radius 2 is 1.49 bits per heavy atom. The number of phenolic OH excluding ortho intramolecular Hbond substituents is 2. The summed E-state index contributed by atoms with van der Waals surface area (Å²) in [7, 11) is 0. The maximum atomic E-state index is 13.2. The topological polar surface area (TPSA) is 131 Å². The Bertz CT molecular complexity index is 1390. The molecule has 0 unspecified atom stereocenters. The Morgan fingerprint density at radius 1 is 0.878 bits per heavy atom. The first-order valence-corrected chi connectivity index (χ1v) is 13.8. The van der Waals surface area contributed by atoms with E-state index in [1.807, 2.05) is 12.1 Å². The predicted molar refractivity (Wildman–Crippen MR) is 157 cm³/mol. The van der Waals surface area contributed by atoms with Crippen LogP contribution in [0.15, 0.2) is 54.6 Å². The number of carbonyl (C=O) groups excluding carboxylic acids is 1. The van der Waals surface area contributed by atoms with Crippen LogP contribution in [-0.4, -0.2) is 66.9 Å². The monoisotopic (exact) mass is 579 g/mol. The molecule has 3 aromatic carbocycles. The fourth-order valence-corrected chi connectivity index (χ4v) is 5.16. The number of phenols is 2. The Balaban J connectivity index is 1.23. The zero-order valence-electron chi connectivity index (χ0n) is 22.9. The second-order valence-corrected chi connectivity index (χ2v) is 10.4. The molecule has 0 aromatic heterocycles. The summed E-state index contributed by atoms with van der Waals surface area (Å²) in [5.74, 6) is 0.140. The van der Waals surface area contributed by atoms with Crippen LogP contribution in [0.4, 0.5) is 5.69 Å². The molecule has 11 heteroatoms. The van der Waals surface area contributed by atoms with E-state index in [0.717, 1.165) is 6.54 Å². The SMILES string of the molecule is CC(C)NCCOCCOCCNC(=S)Nc1ccc2c(c1)C(=O)OC21c2ccc(O)cc2Oc2cc(O)ccc21. The van der Waals surface area contributed by atoms with Gasteiger partial charge in [0.15, 0.2) is 10.7 Å². The largest absolute Gasteiger partial charge is 0.508 e. The first-order valence-electron chi connectivity index (χ1n) is 13.4. The lowest BCUT2D eigenvalue weighted by molar-refractivity contribution is 0.0224. The summed E-state index contributed by atoms with van der Waals surface area (Å²) in [6, 6.07) is 15.0. The molecule has 3 aromatic rings. The van der Waals surface area contributed by atoms with E-state index < -0.39 is 11.6 Å². The number of thiocarbonyl (C=S) groups is 1. The van der Waals surface area contributed by atoms with Gasteiger partial charge in [-0.05, 0) is 48.6 Å². The second-order valence-electron chi connectivity index (χ2n) is 10.0. The van der Waals surface area contributed by atoms with Gasteiger partial charge in [0.1, 0.15) is 23.0 Å². The zero-order valence-corrected chi connectivity index (χ0v) is 23.7. The van der Waals surface area contributed by atoms with Gasteiger partial charge in [0.2, 0.25) is 0 Å². The van der Waals surface area contributed by atoms with Gasteiger partial charge in [0.25, 0.3) is 0 Å².